The number of carbonyl (C=O) groups is 2. The molecular weight excluding hydrogens is 352 g/mol. The summed E-state index contributed by atoms with van der Waals surface area (Å²) in [5, 5.41) is 0. The highest BCUT2D eigenvalue weighted by atomic mass is 79.9. The van der Waals surface area contributed by atoms with E-state index in [9.17, 15) is 9.59 Å². The Bertz CT molecular complexity index is 711. The predicted octanol–water partition coefficient (Wildman–Crippen LogP) is 3.46. The lowest BCUT2D eigenvalue weighted by Gasteiger charge is -2.10. The minimum Gasteiger partial charge on any atom is -0.493 e. The van der Waals surface area contributed by atoms with Gasteiger partial charge in [0.2, 0.25) is 0 Å². The molecule has 0 N–H and O–H groups in total. The molecule has 22 heavy (non-hydrogen) atoms. The molecule has 0 saturated heterocycles. The van der Waals surface area contributed by atoms with Crippen molar-refractivity contribution in [2.75, 3.05) is 14.2 Å². The molecule has 0 aliphatic carbocycles. The van der Waals surface area contributed by atoms with Crippen LogP contribution >= 0.6 is 15.9 Å². The van der Waals surface area contributed by atoms with E-state index in [0.717, 1.165) is 4.47 Å². The van der Waals surface area contributed by atoms with Gasteiger partial charge in [0.15, 0.2) is 11.5 Å². The molecule has 6 heteroatoms. The van der Waals surface area contributed by atoms with E-state index in [2.05, 4.69) is 20.7 Å². The zero-order valence-electron chi connectivity index (χ0n) is 12.0. The molecule has 0 radical (unpaired) electrons. The molecule has 0 aliphatic heterocycles. The number of hydrogen-bond donors (Lipinski definition) is 0. The van der Waals surface area contributed by atoms with E-state index in [1.54, 1.807) is 18.2 Å². The molecule has 114 valence electrons. The second-order valence-electron chi connectivity index (χ2n) is 4.26. The average molecular weight is 365 g/mol. The summed E-state index contributed by atoms with van der Waals surface area (Å²) in [4.78, 5) is 23.6. The number of rotatable bonds is 4. The Kier molecular flexibility index (Phi) is 5.16. The lowest BCUT2D eigenvalue weighted by atomic mass is 10.2. The predicted molar refractivity (Wildman–Crippen MR) is 83.4 cm³/mol. The SMILES string of the molecule is COC(=O)c1ccc(OC(=O)c2cccc(Br)c2)c(OC)c1. The zero-order chi connectivity index (χ0) is 16.1. The Labute approximate surface area is 135 Å². The van der Waals surface area contributed by atoms with E-state index in [-0.39, 0.29) is 11.5 Å². The molecule has 0 heterocycles. The van der Waals surface area contributed by atoms with Gasteiger partial charge in [-0.25, -0.2) is 9.59 Å². The number of halogens is 1. The Balaban J connectivity index is 2.25. The standard InChI is InChI=1S/C16H13BrO5/c1-20-14-9-11(15(18)21-2)6-7-13(14)22-16(19)10-4-3-5-12(17)8-10/h3-9H,1-2H3. The largest absolute Gasteiger partial charge is 0.493 e. The molecule has 0 saturated carbocycles. The maximum Gasteiger partial charge on any atom is 0.343 e. The van der Waals surface area contributed by atoms with E-state index in [1.807, 2.05) is 6.07 Å². The van der Waals surface area contributed by atoms with Crippen molar-refractivity contribution in [1.82, 2.24) is 0 Å². The first kappa shape index (κ1) is 16.0. The number of hydrogen-bond acceptors (Lipinski definition) is 5. The minimum atomic E-state index is -0.523. The van der Waals surface area contributed by atoms with Crippen molar-refractivity contribution in [3.8, 4) is 11.5 Å². The summed E-state index contributed by atoms with van der Waals surface area (Å²) >= 11 is 3.29. The van der Waals surface area contributed by atoms with Crippen LogP contribution in [0.4, 0.5) is 0 Å². The van der Waals surface area contributed by atoms with Gasteiger partial charge in [0, 0.05) is 4.47 Å². The summed E-state index contributed by atoms with van der Waals surface area (Å²) in [6.45, 7) is 0. The van der Waals surface area contributed by atoms with Crippen LogP contribution in [0.25, 0.3) is 0 Å². The van der Waals surface area contributed by atoms with Crippen LogP contribution in [0.3, 0.4) is 0 Å². The summed E-state index contributed by atoms with van der Waals surface area (Å²) < 4.78 is 15.9. The van der Waals surface area contributed by atoms with Crippen LogP contribution in [0, 0.1) is 0 Å². The highest BCUT2D eigenvalue weighted by molar-refractivity contribution is 9.10. The van der Waals surface area contributed by atoms with Crippen LogP contribution < -0.4 is 9.47 Å². The molecule has 2 aromatic rings. The van der Waals surface area contributed by atoms with Crippen molar-refractivity contribution >= 4 is 27.9 Å². The first-order valence-electron chi connectivity index (χ1n) is 6.29. The van der Waals surface area contributed by atoms with Crippen molar-refractivity contribution in [3.63, 3.8) is 0 Å². The van der Waals surface area contributed by atoms with E-state index in [1.165, 1.54) is 32.4 Å². The maximum absolute atomic E-state index is 12.1. The summed E-state index contributed by atoms with van der Waals surface area (Å²) in [6.07, 6.45) is 0. The first-order valence-corrected chi connectivity index (χ1v) is 7.08. The van der Waals surface area contributed by atoms with E-state index >= 15 is 0 Å². The van der Waals surface area contributed by atoms with Crippen LogP contribution in [0.15, 0.2) is 46.9 Å². The van der Waals surface area contributed by atoms with E-state index in [0.29, 0.717) is 11.1 Å². The molecule has 0 aromatic heterocycles. The van der Waals surface area contributed by atoms with Crippen molar-refractivity contribution in [2.24, 2.45) is 0 Å². The quantitative estimate of drug-likeness (QED) is 0.613. The lowest BCUT2D eigenvalue weighted by Crippen LogP contribution is -2.10. The molecule has 0 amide bonds. The van der Waals surface area contributed by atoms with Crippen molar-refractivity contribution in [2.45, 2.75) is 0 Å². The van der Waals surface area contributed by atoms with Crippen molar-refractivity contribution in [3.05, 3.63) is 58.1 Å². The van der Waals surface area contributed by atoms with Gasteiger partial charge >= 0.3 is 11.9 Å². The van der Waals surface area contributed by atoms with Gasteiger partial charge in [0.05, 0.1) is 25.3 Å². The normalized spacial score (nSPS) is 9.95. The number of methoxy groups -OCH3 is 2. The van der Waals surface area contributed by atoms with Crippen LogP contribution in [-0.4, -0.2) is 26.2 Å². The molecule has 5 nitrogen and oxygen atoms in total. The summed E-state index contributed by atoms with van der Waals surface area (Å²) in [7, 11) is 2.71. The van der Waals surface area contributed by atoms with Crippen LogP contribution in [-0.2, 0) is 4.74 Å². The number of ether oxygens (including phenoxy) is 3. The van der Waals surface area contributed by atoms with Crippen LogP contribution in [0.2, 0.25) is 0 Å². The monoisotopic (exact) mass is 364 g/mol. The Hall–Kier alpha value is -2.34. The van der Waals surface area contributed by atoms with E-state index in [4.69, 9.17) is 9.47 Å². The number of benzene rings is 2. The third-order valence-electron chi connectivity index (χ3n) is 2.85. The Morgan fingerprint density at radius 3 is 2.27 bits per heavy atom. The van der Waals surface area contributed by atoms with Crippen molar-refractivity contribution < 1.29 is 23.8 Å². The fraction of sp³-hybridized carbons (Fsp3) is 0.125. The molecule has 0 fully saturated rings. The zero-order valence-corrected chi connectivity index (χ0v) is 13.5. The van der Waals surface area contributed by atoms with Gasteiger partial charge in [-0.2, -0.15) is 0 Å². The molecule has 0 spiro atoms. The van der Waals surface area contributed by atoms with Gasteiger partial charge < -0.3 is 14.2 Å². The van der Waals surface area contributed by atoms with Crippen LogP contribution in [0.1, 0.15) is 20.7 Å². The second-order valence-corrected chi connectivity index (χ2v) is 5.17. The fourth-order valence-corrected chi connectivity index (χ4v) is 2.17. The first-order chi connectivity index (χ1) is 10.5. The molecule has 0 atom stereocenters. The Morgan fingerprint density at radius 2 is 1.64 bits per heavy atom. The van der Waals surface area contributed by atoms with Gasteiger partial charge in [0.25, 0.3) is 0 Å². The summed E-state index contributed by atoms with van der Waals surface area (Å²) in [5.74, 6) is -0.528. The minimum absolute atomic E-state index is 0.222. The average Bonchev–Trinajstić information content (AvgIpc) is 2.54. The smallest absolute Gasteiger partial charge is 0.343 e. The number of carbonyl (C=O) groups excluding carboxylic acids is 2. The van der Waals surface area contributed by atoms with E-state index < -0.39 is 11.9 Å². The maximum atomic E-state index is 12.1. The third-order valence-corrected chi connectivity index (χ3v) is 3.34. The fourth-order valence-electron chi connectivity index (χ4n) is 1.77. The molecule has 0 aliphatic rings. The van der Waals surface area contributed by atoms with Gasteiger partial charge in [-0.3, -0.25) is 0 Å². The van der Waals surface area contributed by atoms with Gasteiger partial charge in [-0.05, 0) is 36.4 Å². The number of esters is 2. The Morgan fingerprint density at radius 1 is 0.909 bits per heavy atom. The lowest BCUT2D eigenvalue weighted by molar-refractivity contribution is 0.0600. The molecule has 2 aromatic carbocycles. The molecular formula is C16H13BrO5. The molecule has 2 rings (SSSR count). The van der Waals surface area contributed by atoms with Gasteiger partial charge in [-0.15, -0.1) is 0 Å². The molecule has 0 unspecified atom stereocenters. The highest BCUT2D eigenvalue weighted by Crippen LogP contribution is 2.29. The molecule has 0 bridgehead atoms. The summed E-state index contributed by atoms with van der Waals surface area (Å²) in [5.41, 5.74) is 0.704. The van der Waals surface area contributed by atoms with Crippen molar-refractivity contribution in [1.29, 1.82) is 0 Å². The highest BCUT2D eigenvalue weighted by Gasteiger charge is 2.15. The third kappa shape index (κ3) is 3.65. The van der Waals surface area contributed by atoms with Gasteiger partial charge in [0.1, 0.15) is 0 Å². The topological polar surface area (TPSA) is 61.8 Å². The summed E-state index contributed by atoms with van der Waals surface area (Å²) in [6, 6.07) is 11.3. The van der Waals surface area contributed by atoms with Crippen LogP contribution in [0.5, 0.6) is 11.5 Å². The second kappa shape index (κ2) is 7.09. The van der Waals surface area contributed by atoms with Gasteiger partial charge in [-0.1, -0.05) is 22.0 Å².